The number of alkyl halides is 1. The first-order valence-corrected chi connectivity index (χ1v) is 3.94. The summed E-state index contributed by atoms with van der Waals surface area (Å²) in [7, 11) is 0. The zero-order valence-electron chi connectivity index (χ0n) is 6.37. The zero-order chi connectivity index (χ0) is 8.97. The molecule has 1 aromatic rings. The number of nitrogens with two attached hydrogens (primary N) is 1. The number of nitrogens with zero attached hydrogens (tertiary/aromatic N) is 1. The number of rotatable bonds is 2. The fourth-order valence-corrected chi connectivity index (χ4v) is 0.840. The summed E-state index contributed by atoms with van der Waals surface area (Å²) in [6.45, 7) is 0. The monoisotopic (exact) mass is 184 g/mol. The van der Waals surface area contributed by atoms with Gasteiger partial charge in [0.15, 0.2) is 11.6 Å². The molecule has 0 aliphatic rings. The van der Waals surface area contributed by atoms with E-state index in [1.165, 1.54) is 6.07 Å². The summed E-state index contributed by atoms with van der Waals surface area (Å²) >= 11 is 5.43. The first-order chi connectivity index (χ1) is 5.74. The molecule has 3 nitrogen and oxygen atoms in total. The van der Waals surface area contributed by atoms with E-state index in [2.05, 4.69) is 4.98 Å². The molecule has 0 amide bonds. The lowest BCUT2D eigenvalue weighted by molar-refractivity contribution is 0.475. The average Bonchev–Trinajstić information content (AvgIpc) is 2.07. The highest BCUT2D eigenvalue weighted by Gasteiger charge is 1.96. The van der Waals surface area contributed by atoms with E-state index in [0.29, 0.717) is 5.88 Å². The van der Waals surface area contributed by atoms with Gasteiger partial charge in [0, 0.05) is 12.1 Å². The second kappa shape index (κ2) is 3.97. The van der Waals surface area contributed by atoms with Crippen molar-refractivity contribution in [2.45, 2.75) is 0 Å². The van der Waals surface area contributed by atoms with E-state index in [1.807, 2.05) is 0 Å². The predicted molar refractivity (Wildman–Crippen MR) is 50.1 cm³/mol. The molecule has 64 valence electrons. The average molecular weight is 185 g/mol. The number of allylic oxidation sites excluding steroid dienone is 1. The smallest absolute Gasteiger partial charge is 0.165 e. The van der Waals surface area contributed by atoms with E-state index in [1.54, 1.807) is 18.3 Å². The molecule has 12 heavy (non-hydrogen) atoms. The van der Waals surface area contributed by atoms with Crippen molar-refractivity contribution in [3.05, 3.63) is 23.9 Å². The maximum absolute atomic E-state index is 9.15. The van der Waals surface area contributed by atoms with Gasteiger partial charge < -0.3 is 10.8 Å². The Kier molecular flexibility index (Phi) is 2.94. The molecule has 1 aromatic heterocycles. The Balaban J connectivity index is 2.89. The van der Waals surface area contributed by atoms with Gasteiger partial charge in [0.25, 0.3) is 0 Å². The number of hydrogen-bond acceptors (Lipinski definition) is 3. The fourth-order valence-electron chi connectivity index (χ4n) is 0.751. The third kappa shape index (κ3) is 2.13. The van der Waals surface area contributed by atoms with Gasteiger partial charge in [0.1, 0.15) is 0 Å². The van der Waals surface area contributed by atoms with Gasteiger partial charge in [-0.2, -0.15) is 0 Å². The maximum Gasteiger partial charge on any atom is 0.165 e. The lowest BCUT2D eigenvalue weighted by Gasteiger charge is -1.97. The van der Waals surface area contributed by atoms with Crippen LogP contribution < -0.4 is 5.73 Å². The van der Waals surface area contributed by atoms with Gasteiger partial charge in [0.2, 0.25) is 0 Å². The molecular formula is C8H9ClN2O. The molecule has 0 bridgehead atoms. The summed E-state index contributed by atoms with van der Waals surface area (Å²) in [5.41, 5.74) is 6.09. The third-order valence-corrected chi connectivity index (χ3v) is 1.50. The number of nitrogen functional groups attached to an aromatic ring is 1. The Bertz CT molecular complexity index is 299. The summed E-state index contributed by atoms with van der Waals surface area (Å²) in [6, 6.07) is 1.53. The minimum Gasteiger partial charge on any atom is -0.504 e. The Labute approximate surface area is 75.5 Å². The standard InChI is InChI=1S/C8H9ClN2O/c9-3-1-2-6-4-7(12)8(10)11-5-6/h1-2,4-5,12H,3H2,(H2,10,11). The van der Waals surface area contributed by atoms with Crippen molar-refractivity contribution in [1.82, 2.24) is 4.98 Å². The topological polar surface area (TPSA) is 59.1 Å². The first kappa shape index (κ1) is 8.87. The molecule has 0 saturated carbocycles. The van der Waals surface area contributed by atoms with Gasteiger partial charge in [-0.1, -0.05) is 12.2 Å². The fraction of sp³-hybridized carbons (Fsp3) is 0.125. The number of pyridine rings is 1. The Morgan fingerprint density at radius 2 is 2.42 bits per heavy atom. The highest BCUT2D eigenvalue weighted by molar-refractivity contribution is 6.19. The summed E-state index contributed by atoms with van der Waals surface area (Å²) in [5.74, 6) is 0.565. The van der Waals surface area contributed by atoms with Crippen LogP contribution in [0.15, 0.2) is 18.3 Å². The van der Waals surface area contributed by atoms with Crippen LogP contribution in [0.2, 0.25) is 0 Å². The summed E-state index contributed by atoms with van der Waals surface area (Å²) in [6.07, 6.45) is 5.09. The van der Waals surface area contributed by atoms with Crippen molar-refractivity contribution in [1.29, 1.82) is 0 Å². The summed E-state index contributed by atoms with van der Waals surface area (Å²) in [5, 5.41) is 9.15. The second-order valence-electron chi connectivity index (χ2n) is 2.23. The molecule has 0 fully saturated rings. The van der Waals surface area contributed by atoms with Crippen LogP contribution in [0.25, 0.3) is 6.08 Å². The van der Waals surface area contributed by atoms with E-state index < -0.39 is 0 Å². The Morgan fingerprint density at radius 1 is 1.67 bits per heavy atom. The van der Waals surface area contributed by atoms with Crippen molar-refractivity contribution < 1.29 is 5.11 Å². The van der Waals surface area contributed by atoms with Crippen LogP contribution >= 0.6 is 11.6 Å². The van der Waals surface area contributed by atoms with Gasteiger partial charge in [-0.3, -0.25) is 0 Å². The van der Waals surface area contributed by atoms with E-state index >= 15 is 0 Å². The van der Waals surface area contributed by atoms with Crippen LogP contribution in [0.4, 0.5) is 5.82 Å². The molecule has 1 heterocycles. The molecule has 0 aromatic carbocycles. The number of anilines is 1. The van der Waals surface area contributed by atoms with E-state index in [0.717, 1.165) is 5.56 Å². The third-order valence-electron chi connectivity index (χ3n) is 1.32. The first-order valence-electron chi connectivity index (χ1n) is 3.41. The van der Waals surface area contributed by atoms with Gasteiger partial charge in [-0.05, 0) is 11.6 Å². The van der Waals surface area contributed by atoms with Crippen molar-refractivity contribution in [2.24, 2.45) is 0 Å². The van der Waals surface area contributed by atoms with Crippen LogP contribution in [-0.4, -0.2) is 16.0 Å². The van der Waals surface area contributed by atoms with E-state index in [-0.39, 0.29) is 11.6 Å². The number of aromatic nitrogens is 1. The van der Waals surface area contributed by atoms with Crippen LogP contribution in [0.5, 0.6) is 5.75 Å². The summed E-state index contributed by atoms with van der Waals surface area (Å²) < 4.78 is 0. The quantitative estimate of drug-likeness (QED) is 0.687. The van der Waals surface area contributed by atoms with Crippen molar-refractivity contribution in [2.75, 3.05) is 11.6 Å². The van der Waals surface area contributed by atoms with Crippen LogP contribution in [0.1, 0.15) is 5.56 Å². The van der Waals surface area contributed by atoms with E-state index in [4.69, 9.17) is 22.4 Å². The zero-order valence-corrected chi connectivity index (χ0v) is 7.12. The highest BCUT2D eigenvalue weighted by atomic mass is 35.5. The van der Waals surface area contributed by atoms with Crippen molar-refractivity contribution >= 4 is 23.5 Å². The predicted octanol–water partition coefficient (Wildman–Crippen LogP) is 1.62. The second-order valence-corrected chi connectivity index (χ2v) is 2.54. The molecule has 0 spiro atoms. The number of aromatic hydroxyl groups is 1. The molecule has 0 aliphatic heterocycles. The molecule has 3 N–H and O–H groups in total. The van der Waals surface area contributed by atoms with Gasteiger partial charge >= 0.3 is 0 Å². The molecule has 1 rings (SSSR count). The lowest BCUT2D eigenvalue weighted by Crippen LogP contribution is -1.90. The van der Waals surface area contributed by atoms with Crippen molar-refractivity contribution in [3.63, 3.8) is 0 Å². The largest absolute Gasteiger partial charge is 0.504 e. The minimum atomic E-state index is -0.00766. The number of halogens is 1. The molecule has 0 unspecified atom stereocenters. The lowest BCUT2D eigenvalue weighted by atomic mass is 10.2. The maximum atomic E-state index is 9.15. The molecule has 0 radical (unpaired) electrons. The Morgan fingerprint density at radius 3 is 3.00 bits per heavy atom. The minimum absolute atomic E-state index is 0.00766. The van der Waals surface area contributed by atoms with Crippen LogP contribution in [-0.2, 0) is 0 Å². The molecule has 4 heteroatoms. The van der Waals surface area contributed by atoms with Gasteiger partial charge in [0.05, 0.1) is 0 Å². The normalized spacial score (nSPS) is 10.8. The van der Waals surface area contributed by atoms with E-state index in [9.17, 15) is 0 Å². The number of hydrogen-bond donors (Lipinski definition) is 2. The summed E-state index contributed by atoms with van der Waals surface area (Å²) in [4.78, 5) is 3.77. The van der Waals surface area contributed by atoms with Crippen LogP contribution in [0, 0.1) is 0 Å². The molecule has 0 aliphatic carbocycles. The SMILES string of the molecule is Nc1ncc(C=CCCl)cc1O. The van der Waals surface area contributed by atoms with Gasteiger partial charge in [-0.25, -0.2) is 4.98 Å². The molecule has 0 saturated heterocycles. The Hall–Kier alpha value is -1.22. The molecule has 0 atom stereocenters. The van der Waals surface area contributed by atoms with Crippen LogP contribution in [0.3, 0.4) is 0 Å². The van der Waals surface area contributed by atoms with Gasteiger partial charge in [-0.15, -0.1) is 11.6 Å². The highest BCUT2D eigenvalue weighted by Crippen LogP contribution is 2.18. The van der Waals surface area contributed by atoms with Crippen molar-refractivity contribution in [3.8, 4) is 5.75 Å². The molecular weight excluding hydrogens is 176 g/mol.